The molecule has 3 rings (SSSR count). The fraction of sp³-hybridized carbons (Fsp3) is 0.391. The van der Waals surface area contributed by atoms with Gasteiger partial charge >= 0.3 is 0 Å². The van der Waals surface area contributed by atoms with Gasteiger partial charge in [0.2, 0.25) is 10.0 Å². The van der Waals surface area contributed by atoms with Gasteiger partial charge in [0, 0.05) is 18.7 Å². The Kier molecular flexibility index (Phi) is 8.29. The highest BCUT2D eigenvalue weighted by Crippen LogP contribution is 2.29. The van der Waals surface area contributed by atoms with Gasteiger partial charge in [-0.3, -0.25) is 20.4 Å². The Bertz CT molecular complexity index is 1100. The molecule has 33 heavy (non-hydrogen) atoms. The first-order valence-corrected chi connectivity index (χ1v) is 12.2. The molecule has 1 saturated heterocycles. The number of aryl methyl sites for hydroxylation is 1. The number of nitrogens with one attached hydrogen (secondary N) is 2. The zero-order chi connectivity index (χ0) is 23.8. The SMILES string of the molecule is COc1ccc(C(=O)NNC(=O)COc2cccc(C)c2)cc1S(=O)(=O)N1CCCCCC1. The standard InChI is InChI=1S/C23H29N3O6S/c1-17-8-7-9-19(14-17)32-16-22(27)24-25-23(28)18-10-11-20(31-2)21(15-18)33(29,30)26-12-5-3-4-6-13-26/h7-11,14-15H,3-6,12-13,16H2,1-2H3,(H,24,27)(H,25,28). The van der Waals surface area contributed by atoms with Crippen LogP contribution in [0.25, 0.3) is 0 Å². The van der Waals surface area contributed by atoms with Gasteiger partial charge in [-0.1, -0.05) is 25.0 Å². The van der Waals surface area contributed by atoms with E-state index in [1.165, 1.54) is 29.6 Å². The van der Waals surface area contributed by atoms with E-state index in [4.69, 9.17) is 9.47 Å². The number of benzene rings is 2. The summed E-state index contributed by atoms with van der Waals surface area (Å²) in [6.07, 6.45) is 3.55. The zero-order valence-corrected chi connectivity index (χ0v) is 19.6. The minimum absolute atomic E-state index is 0.0732. The fourth-order valence-electron chi connectivity index (χ4n) is 3.53. The Balaban J connectivity index is 1.66. The first-order chi connectivity index (χ1) is 15.8. The average Bonchev–Trinajstić information content (AvgIpc) is 3.11. The molecule has 178 valence electrons. The lowest BCUT2D eigenvalue weighted by molar-refractivity contribution is -0.123. The number of nitrogens with zero attached hydrogens (tertiary/aromatic N) is 1. The third kappa shape index (κ3) is 6.45. The lowest BCUT2D eigenvalue weighted by Gasteiger charge is -2.21. The summed E-state index contributed by atoms with van der Waals surface area (Å²) in [6.45, 7) is 2.47. The summed E-state index contributed by atoms with van der Waals surface area (Å²) in [5.41, 5.74) is 5.62. The number of ether oxygens (including phenoxy) is 2. The van der Waals surface area contributed by atoms with Crippen LogP contribution in [0.1, 0.15) is 41.6 Å². The Morgan fingerprint density at radius 2 is 1.73 bits per heavy atom. The van der Waals surface area contributed by atoms with E-state index in [2.05, 4.69) is 10.9 Å². The molecule has 1 heterocycles. The normalized spacial score (nSPS) is 14.7. The molecular weight excluding hydrogens is 446 g/mol. The molecule has 2 aromatic carbocycles. The Labute approximate surface area is 194 Å². The van der Waals surface area contributed by atoms with Gasteiger partial charge < -0.3 is 9.47 Å². The van der Waals surface area contributed by atoms with Crippen molar-refractivity contribution in [3.8, 4) is 11.5 Å². The maximum atomic E-state index is 13.2. The van der Waals surface area contributed by atoms with Crippen molar-refractivity contribution in [3.63, 3.8) is 0 Å². The lowest BCUT2D eigenvalue weighted by atomic mass is 10.2. The second-order valence-electron chi connectivity index (χ2n) is 7.79. The smallest absolute Gasteiger partial charge is 0.276 e. The molecular formula is C23H29N3O6S. The van der Waals surface area contributed by atoms with Crippen LogP contribution in [0.3, 0.4) is 0 Å². The van der Waals surface area contributed by atoms with Gasteiger partial charge in [-0.05, 0) is 55.7 Å². The van der Waals surface area contributed by atoms with Crippen molar-refractivity contribution in [2.45, 2.75) is 37.5 Å². The molecule has 2 amide bonds. The number of sulfonamides is 1. The summed E-state index contributed by atoms with van der Waals surface area (Å²) in [7, 11) is -2.46. The summed E-state index contributed by atoms with van der Waals surface area (Å²) in [6, 6.07) is 11.4. The molecule has 0 saturated carbocycles. The highest BCUT2D eigenvalue weighted by atomic mass is 32.2. The van der Waals surface area contributed by atoms with Crippen molar-refractivity contribution in [1.82, 2.24) is 15.2 Å². The molecule has 1 aliphatic heterocycles. The first kappa shape index (κ1) is 24.5. The van der Waals surface area contributed by atoms with Crippen LogP contribution in [0.4, 0.5) is 0 Å². The summed E-state index contributed by atoms with van der Waals surface area (Å²) >= 11 is 0. The number of hydrogen-bond donors (Lipinski definition) is 2. The third-order valence-corrected chi connectivity index (χ3v) is 7.20. The van der Waals surface area contributed by atoms with Gasteiger partial charge in [0.15, 0.2) is 6.61 Å². The van der Waals surface area contributed by atoms with Crippen molar-refractivity contribution in [2.75, 3.05) is 26.8 Å². The maximum absolute atomic E-state index is 13.2. The van der Waals surface area contributed by atoms with Crippen LogP contribution in [0.5, 0.6) is 11.5 Å². The van der Waals surface area contributed by atoms with E-state index in [9.17, 15) is 18.0 Å². The molecule has 9 nitrogen and oxygen atoms in total. The van der Waals surface area contributed by atoms with E-state index in [0.29, 0.717) is 18.8 Å². The highest BCUT2D eigenvalue weighted by Gasteiger charge is 2.29. The molecule has 0 spiro atoms. The lowest BCUT2D eigenvalue weighted by Crippen LogP contribution is -2.43. The summed E-state index contributed by atoms with van der Waals surface area (Å²) < 4.78 is 38.5. The molecule has 2 N–H and O–H groups in total. The largest absolute Gasteiger partial charge is 0.495 e. The first-order valence-electron chi connectivity index (χ1n) is 10.8. The van der Waals surface area contributed by atoms with Crippen LogP contribution >= 0.6 is 0 Å². The molecule has 0 bridgehead atoms. The van der Waals surface area contributed by atoms with E-state index in [0.717, 1.165) is 31.2 Å². The van der Waals surface area contributed by atoms with Crippen LogP contribution in [0.15, 0.2) is 47.4 Å². The van der Waals surface area contributed by atoms with E-state index in [-0.39, 0.29) is 22.8 Å². The van der Waals surface area contributed by atoms with Crippen molar-refractivity contribution in [2.24, 2.45) is 0 Å². The van der Waals surface area contributed by atoms with Gasteiger partial charge in [0.05, 0.1) is 7.11 Å². The summed E-state index contributed by atoms with van der Waals surface area (Å²) in [4.78, 5) is 24.5. The zero-order valence-electron chi connectivity index (χ0n) is 18.8. The molecule has 0 atom stereocenters. The molecule has 1 fully saturated rings. The van der Waals surface area contributed by atoms with Crippen molar-refractivity contribution < 1.29 is 27.5 Å². The quantitative estimate of drug-likeness (QED) is 0.595. The van der Waals surface area contributed by atoms with E-state index >= 15 is 0 Å². The molecule has 0 unspecified atom stereocenters. The second-order valence-corrected chi connectivity index (χ2v) is 9.70. The van der Waals surface area contributed by atoms with Gasteiger partial charge in [-0.2, -0.15) is 4.31 Å². The number of carbonyl (C=O) groups excluding carboxylic acids is 2. The maximum Gasteiger partial charge on any atom is 0.276 e. The molecule has 1 aliphatic rings. The fourth-order valence-corrected chi connectivity index (χ4v) is 5.23. The summed E-state index contributed by atoms with van der Waals surface area (Å²) in [5, 5.41) is 0. The Hall–Kier alpha value is -3.11. The van der Waals surface area contributed by atoms with Crippen molar-refractivity contribution >= 4 is 21.8 Å². The molecule has 0 radical (unpaired) electrons. The topological polar surface area (TPSA) is 114 Å². The predicted molar refractivity (Wildman–Crippen MR) is 123 cm³/mol. The predicted octanol–water partition coefficient (Wildman–Crippen LogP) is 2.41. The highest BCUT2D eigenvalue weighted by molar-refractivity contribution is 7.89. The van der Waals surface area contributed by atoms with E-state index < -0.39 is 21.8 Å². The molecule has 10 heteroatoms. The third-order valence-electron chi connectivity index (χ3n) is 5.28. The van der Waals surface area contributed by atoms with Gasteiger partial charge in [0.25, 0.3) is 11.8 Å². The Morgan fingerprint density at radius 1 is 1.00 bits per heavy atom. The molecule has 2 aromatic rings. The van der Waals surface area contributed by atoms with Crippen LogP contribution in [-0.2, 0) is 14.8 Å². The summed E-state index contributed by atoms with van der Waals surface area (Å²) in [5.74, 6) is -0.522. The molecule has 0 aliphatic carbocycles. The van der Waals surface area contributed by atoms with Gasteiger partial charge in [-0.25, -0.2) is 8.42 Å². The second kappa shape index (κ2) is 11.2. The van der Waals surface area contributed by atoms with E-state index in [1.54, 1.807) is 12.1 Å². The molecule has 0 aromatic heterocycles. The van der Waals surface area contributed by atoms with Crippen molar-refractivity contribution in [1.29, 1.82) is 0 Å². The average molecular weight is 476 g/mol. The number of hydrogen-bond acceptors (Lipinski definition) is 6. The van der Waals surface area contributed by atoms with Crippen LogP contribution in [-0.4, -0.2) is 51.3 Å². The van der Waals surface area contributed by atoms with Gasteiger partial charge in [0.1, 0.15) is 16.4 Å². The van der Waals surface area contributed by atoms with E-state index in [1.807, 2.05) is 19.1 Å². The van der Waals surface area contributed by atoms with Crippen LogP contribution in [0.2, 0.25) is 0 Å². The minimum Gasteiger partial charge on any atom is -0.495 e. The Morgan fingerprint density at radius 3 is 2.39 bits per heavy atom. The number of amides is 2. The van der Waals surface area contributed by atoms with Crippen LogP contribution < -0.4 is 20.3 Å². The van der Waals surface area contributed by atoms with Crippen molar-refractivity contribution in [3.05, 3.63) is 53.6 Å². The minimum atomic E-state index is -3.84. The van der Waals surface area contributed by atoms with Gasteiger partial charge in [-0.15, -0.1) is 0 Å². The van der Waals surface area contributed by atoms with Crippen LogP contribution in [0, 0.1) is 6.92 Å². The number of hydrazine groups is 1. The monoisotopic (exact) mass is 475 g/mol. The number of carbonyl (C=O) groups is 2. The number of methoxy groups -OCH3 is 1. The number of rotatable bonds is 7.